The number of nitro groups is 1. The third kappa shape index (κ3) is 3.99. The number of carbonyl (C=O) groups excluding carboxylic acids is 1. The molecule has 0 aromatic carbocycles. The summed E-state index contributed by atoms with van der Waals surface area (Å²) in [4.78, 5) is 26.4. The van der Waals surface area contributed by atoms with Crippen LogP contribution in [0.5, 0.6) is 0 Å². The van der Waals surface area contributed by atoms with Crippen LogP contribution in [0.1, 0.15) is 10.6 Å². The standard InChI is InChI=1S/C13H11N3O3S/c17-12(15-9-10-3-1-2-8-14-10)6-4-11-5-7-13(20-11)16(18)19/h1-8H,9H2,(H,15,17)/b6-4+. The van der Waals surface area contributed by atoms with Gasteiger partial charge >= 0.3 is 5.00 Å². The molecule has 0 aliphatic rings. The molecule has 0 atom stereocenters. The summed E-state index contributed by atoms with van der Waals surface area (Å²) in [6.45, 7) is 0.342. The van der Waals surface area contributed by atoms with Crippen molar-refractivity contribution in [3.8, 4) is 0 Å². The van der Waals surface area contributed by atoms with E-state index in [-0.39, 0.29) is 10.9 Å². The number of carbonyl (C=O) groups is 1. The van der Waals surface area contributed by atoms with Gasteiger partial charge in [-0.1, -0.05) is 17.4 Å². The van der Waals surface area contributed by atoms with Crippen LogP contribution in [-0.2, 0) is 11.3 Å². The largest absolute Gasteiger partial charge is 0.347 e. The summed E-state index contributed by atoms with van der Waals surface area (Å²) in [7, 11) is 0. The van der Waals surface area contributed by atoms with Crippen LogP contribution in [-0.4, -0.2) is 15.8 Å². The second-order valence-electron chi connectivity index (χ2n) is 3.81. The first-order chi connectivity index (χ1) is 9.65. The summed E-state index contributed by atoms with van der Waals surface area (Å²) < 4.78 is 0. The molecule has 0 bridgehead atoms. The summed E-state index contributed by atoms with van der Waals surface area (Å²) in [5.41, 5.74) is 0.765. The molecule has 7 heteroatoms. The van der Waals surface area contributed by atoms with Crippen molar-refractivity contribution in [1.29, 1.82) is 0 Å². The average molecular weight is 289 g/mol. The fraction of sp³-hybridized carbons (Fsp3) is 0.0769. The SMILES string of the molecule is O=C(/C=C/c1ccc([N+](=O)[O-])s1)NCc1ccccn1. The molecule has 102 valence electrons. The molecule has 0 saturated carbocycles. The van der Waals surface area contributed by atoms with Gasteiger partial charge in [0.15, 0.2) is 0 Å². The van der Waals surface area contributed by atoms with Gasteiger partial charge in [0, 0.05) is 23.2 Å². The van der Waals surface area contributed by atoms with Crippen molar-refractivity contribution in [1.82, 2.24) is 10.3 Å². The van der Waals surface area contributed by atoms with Gasteiger partial charge in [-0.2, -0.15) is 0 Å². The zero-order valence-corrected chi connectivity index (χ0v) is 11.2. The van der Waals surface area contributed by atoms with Crippen LogP contribution >= 0.6 is 11.3 Å². The highest BCUT2D eigenvalue weighted by Gasteiger charge is 2.07. The lowest BCUT2D eigenvalue weighted by atomic mass is 10.3. The molecule has 0 saturated heterocycles. The van der Waals surface area contributed by atoms with Crippen LogP contribution in [0.4, 0.5) is 5.00 Å². The summed E-state index contributed by atoms with van der Waals surface area (Å²) in [6.07, 6.45) is 4.55. The number of aromatic nitrogens is 1. The van der Waals surface area contributed by atoms with E-state index in [9.17, 15) is 14.9 Å². The lowest BCUT2D eigenvalue weighted by Gasteiger charge is -2.00. The number of amides is 1. The van der Waals surface area contributed by atoms with Crippen molar-refractivity contribution in [2.75, 3.05) is 0 Å². The molecule has 20 heavy (non-hydrogen) atoms. The Labute approximate surface area is 118 Å². The van der Waals surface area contributed by atoms with Gasteiger partial charge in [-0.3, -0.25) is 19.9 Å². The van der Waals surface area contributed by atoms with Crippen molar-refractivity contribution >= 4 is 28.3 Å². The van der Waals surface area contributed by atoms with E-state index in [1.165, 1.54) is 12.1 Å². The molecular weight excluding hydrogens is 278 g/mol. The van der Waals surface area contributed by atoms with Crippen molar-refractivity contribution in [3.05, 3.63) is 63.3 Å². The third-order valence-corrected chi connectivity index (χ3v) is 3.36. The summed E-state index contributed by atoms with van der Waals surface area (Å²) in [6, 6.07) is 8.47. The topological polar surface area (TPSA) is 85.1 Å². The van der Waals surface area contributed by atoms with E-state index in [0.29, 0.717) is 11.4 Å². The Morgan fingerprint density at radius 1 is 1.40 bits per heavy atom. The van der Waals surface area contributed by atoms with Crippen LogP contribution in [0.3, 0.4) is 0 Å². The number of nitrogens with zero attached hydrogens (tertiary/aromatic N) is 2. The average Bonchev–Trinajstić information content (AvgIpc) is 2.93. The number of thiophene rings is 1. The number of hydrogen-bond acceptors (Lipinski definition) is 5. The van der Waals surface area contributed by atoms with Crippen LogP contribution < -0.4 is 5.32 Å². The molecule has 2 heterocycles. The first kappa shape index (κ1) is 13.9. The molecule has 0 radical (unpaired) electrons. The molecule has 6 nitrogen and oxygen atoms in total. The normalized spacial score (nSPS) is 10.6. The Kier molecular flexibility index (Phi) is 4.56. The van der Waals surface area contributed by atoms with E-state index < -0.39 is 4.92 Å². The highest BCUT2D eigenvalue weighted by Crippen LogP contribution is 2.24. The first-order valence-corrected chi connectivity index (χ1v) is 6.57. The quantitative estimate of drug-likeness (QED) is 0.520. The van der Waals surface area contributed by atoms with Crippen LogP contribution in [0.25, 0.3) is 6.08 Å². The first-order valence-electron chi connectivity index (χ1n) is 5.75. The number of hydrogen-bond donors (Lipinski definition) is 1. The van der Waals surface area contributed by atoms with Gasteiger partial charge in [0.1, 0.15) is 0 Å². The van der Waals surface area contributed by atoms with E-state index in [1.54, 1.807) is 24.4 Å². The van der Waals surface area contributed by atoms with Crippen molar-refractivity contribution in [3.63, 3.8) is 0 Å². The summed E-state index contributed by atoms with van der Waals surface area (Å²) >= 11 is 1.02. The molecule has 1 N–H and O–H groups in total. The molecule has 2 rings (SSSR count). The van der Waals surface area contributed by atoms with E-state index in [4.69, 9.17) is 0 Å². The minimum absolute atomic E-state index is 0.0542. The van der Waals surface area contributed by atoms with Crippen molar-refractivity contribution in [2.45, 2.75) is 6.54 Å². The summed E-state index contributed by atoms with van der Waals surface area (Å²) in [5, 5.41) is 13.3. The van der Waals surface area contributed by atoms with Crippen molar-refractivity contribution < 1.29 is 9.72 Å². The monoisotopic (exact) mass is 289 g/mol. The number of nitrogens with one attached hydrogen (secondary N) is 1. The fourth-order valence-electron chi connectivity index (χ4n) is 1.43. The highest BCUT2D eigenvalue weighted by atomic mass is 32.1. The molecular formula is C13H11N3O3S. The van der Waals surface area contributed by atoms with E-state index >= 15 is 0 Å². The minimum atomic E-state index is -0.455. The van der Waals surface area contributed by atoms with Gasteiger partial charge < -0.3 is 5.32 Å². The lowest BCUT2D eigenvalue weighted by Crippen LogP contribution is -2.20. The van der Waals surface area contributed by atoms with Gasteiger partial charge in [0.25, 0.3) is 0 Å². The summed E-state index contributed by atoms with van der Waals surface area (Å²) in [5.74, 6) is -0.272. The minimum Gasteiger partial charge on any atom is -0.347 e. The van der Waals surface area contributed by atoms with Crippen LogP contribution in [0.2, 0.25) is 0 Å². The van der Waals surface area contributed by atoms with Crippen LogP contribution in [0, 0.1) is 10.1 Å². The maximum absolute atomic E-state index is 11.6. The highest BCUT2D eigenvalue weighted by molar-refractivity contribution is 7.16. The Bertz CT molecular complexity index is 637. The van der Waals surface area contributed by atoms with Crippen molar-refractivity contribution in [2.24, 2.45) is 0 Å². The predicted octanol–water partition coefficient (Wildman–Crippen LogP) is 2.38. The predicted molar refractivity (Wildman–Crippen MR) is 76.1 cm³/mol. The molecule has 0 spiro atoms. The van der Waals surface area contributed by atoms with E-state index in [0.717, 1.165) is 17.0 Å². The molecule has 0 fully saturated rings. The van der Waals surface area contributed by atoms with E-state index in [1.807, 2.05) is 12.1 Å². The molecule has 1 amide bonds. The maximum atomic E-state index is 11.6. The maximum Gasteiger partial charge on any atom is 0.324 e. The fourth-order valence-corrected chi connectivity index (χ4v) is 2.15. The van der Waals surface area contributed by atoms with Gasteiger partial charge in [-0.05, 0) is 24.3 Å². The molecule has 0 aliphatic carbocycles. The number of pyridine rings is 1. The molecule has 0 aliphatic heterocycles. The molecule has 2 aromatic rings. The zero-order valence-electron chi connectivity index (χ0n) is 10.4. The second kappa shape index (κ2) is 6.58. The van der Waals surface area contributed by atoms with Gasteiger partial charge in [0.05, 0.1) is 17.2 Å². The van der Waals surface area contributed by atoms with Gasteiger partial charge in [-0.25, -0.2) is 0 Å². The van der Waals surface area contributed by atoms with Gasteiger partial charge in [0.2, 0.25) is 5.91 Å². The lowest BCUT2D eigenvalue weighted by molar-refractivity contribution is -0.380. The second-order valence-corrected chi connectivity index (χ2v) is 4.90. The number of rotatable bonds is 5. The van der Waals surface area contributed by atoms with E-state index in [2.05, 4.69) is 10.3 Å². The molecule has 0 unspecified atom stereocenters. The zero-order chi connectivity index (χ0) is 14.4. The Morgan fingerprint density at radius 3 is 2.90 bits per heavy atom. The Hall–Kier alpha value is -2.54. The Morgan fingerprint density at radius 2 is 2.25 bits per heavy atom. The Balaban J connectivity index is 1.87. The van der Waals surface area contributed by atoms with Crippen LogP contribution in [0.15, 0.2) is 42.6 Å². The molecule has 2 aromatic heterocycles. The third-order valence-electron chi connectivity index (χ3n) is 2.36. The van der Waals surface area contributed by atoms with Gasteiger partial charge in [-0.15, -0.1) is 0 Å². The smallest absolute Gasteiger partial charge is 0.324 e.